The summed E-state index contributed by atoms with van der Waals surface area (Å²) >= 11 is 18.3. The van der Waals surface area contributed by atoms with Crippen LogP contribution in [0.4, 0.5) is 0 Å². The predicted molar refractivity (Wildman–Crippen MR) is 112 cm³/mol. The maximum absolute atomic E-state index is 13.0. The van der Waals surface area contributed by atoms with Crippen molar-refractivity contribution < 1.29 is 27.0 Å². The number of carbonyl (C=O) groups excluding carboxylic acids is 2. The van der Waals surface area contributed by atoms with Crippen molar-refractivity contribution in [3.05, 3.63) is 69.2 Å². The van der Waals surface area contributed by atoms with Crippen LogP contribution >= 0.6 is 47.4 Å². The van der Waals surface area contributed by atoms with E-state index < -0.39 is 11.4 Å². The maximum atomic E-state index is 13.0. The fraction of sp³-hybridized carbons (Fsp3) is 0.263. The van der Waals surface area contributed by atoms with Crippen molar-refractivity contribution in [3.63, 3.8) is 0 Å². The summed E-state index contributed by atoms with van der Waals surface area (Å²) in [7, 11) is 0. The molecule has 2 amide bonds. The van der Waals surface area contributed by atoms with Gasteiger partial charge in [0.25, 0.3) is 0 Å². The lowest BCUT2D eigenvalue weighted by Gasteiger charge is -2.33. The Balaban J connectivity index is 0.00000364. The van der Waals surface area contributed by atoms with E-state index in [0.29, 0.717) is 15.6 Å². The molecule has 2 aromatic rings. The molecule has 0 bridgehead atoms. The van der Waals surface area contributed by atoms with Gasteiger partial charge in [-0.25, -0.2) is 4.79 Å². The number of rotatable bonds is 2. The highest BCUT2D eigenvalue weighted by Gasteiger charge is 2.41. The monoisotopic (exact) mass is 484 g/mol. The number of hydrogen-bond acceptors (Lipinski definition) is 2. The number of aryl methyl sites for hydroxylation is 1. The Labute approximate surface area is 192 Å². The van der Waals surface area contributed by atoms with E-state index >= 15 is 0 Å². The molecular formula is C19H21Cl5N2O2. The van der Waals surface area contributed by atoms with Crippen LogP contribution in [0.1, 0.15) is 47.1 Å². The first-order valence-corrected chi connectivity index (χ1v) is 9.05. The van der Waals surface area contributed by atoms with E-state index in [1.807, 2.05) is 39.8 Å². The van der Waals surface area contributed by atoms with Gasteiger partial charge in [-0.2, -0.15) is 0 Å². The average molecular weight is 487 g/mol. The Morgan fingerprint density at radius 3 is 1.82 bits per heavy atom. The predicted octanol–water partition coefficient (Wildman–Crippen LogP) is 1.76. The summed E-state index contributed by atoms with van der Waals surface area (Å²) < 4.78 is 0.865. The lowest BCUT2D eigenvalue weighted by Crippen LogP contribution is -3.25. The van der Waals surface area contributed by atoms with Gasteiger partial charge in [-0.15, -0.1) is 17.4 Å². The molecular weight excluding hydrogens is 465 g/mol. The van der Waals surface area contributed by atoms with Crippen molar-refractivity contribution in [2.45, 2.75) is 33.2 Å². The van der Waals surface area contributed by atoms with Gasteiger partial charge in [0, 0.05) is 15.6 Å². The molecule has 0 fully saturated rings. The van der Waals surface area contributed by atoms with E-state index in [0.717, 1.165) is 10.1 Å². The summed E-state index contributed by atoms with van der Waals surface area (Å²) in [5.74, 6) is -0.879. The van der Waals surface area contributed by atoms with Crippen molar-refractivity contribution in [2.24, 2.45) is 0 Å². The largest absolute Gasteiger partial charge is 1.00 e. The molecule has 0 heterocycles. The minimum absolute atomic E-state index is 0. The Morgan fingerprint density at radius 1 is 0.929 bits per heavy atom. The normalized spacial score (nSPS) is 11.7. The highest BCUT2D eigenvalue weighted by molar-refractivity contribution is 6.35. The van der Waals surface area contributed by atoms with Gasteiger partial charge >= 0.3 is 11.8 Å². The van der Waals surface area contributed by atoms with Crippen molar-refractivity contribution in [3.8, 4) is 0 Å². The summed E-state index contributed by atoms with van der Waals surface area (Å²) in [6.07, 6.45) is 0. The molecule has 1 atom stereocenters. The van der Waals surface area contributed by atoms with Crippen molar-refractivity contribution in [1.82, 2.24) is 4.53 Å². The molecule has 0 spiro atoms. The molecule has 0 radical (unpaired) electrons. The van der Waals surface area contributed by atoms with Crippen LogP contribution in [-0.2, 0) is 0 Å². The Bertz CT molecular complexity index is 815. The van der Waals surface area contributed by atoms with Crippen molar-refractivity contribution in [1.29, 1.82) is 0 Å². The third-order valence-electron chi connectivity index (χ3n) is 3.72. The number of nitrogens with zero attached hydrogens (tertiary/aromatic N) is 1. The molecule has 154 valence electrons. The number of amides is 2. The minimum Gasteiger partial charge on any atom is -1.00 e. The number of halogens is 5. The number of nitrogens with one attached hydrogen (secondary N) is 1. The van der Waals surface area contributed by atoms with Gasteiger partial charge in [-0.3, -0.25) is 4.79 Å². The minimum atomic E-state index is -0.665. The van der Waals surface area contributed by atoms with Gasteiger partial charge in [0.1, 0.15) is 5.54 Å². The van der Waals surface area contributed by atoms with Crippen LogP contribution in [0.5, 0.6) is 0 Å². The summed E-state index contributed by atoms with van der Waals surface area (Å²) in [6, 6.07) is 11.5. The Morgan fingerprint density at radius 2 is 1.39 bits per heavy atom. The molecule has 1 unspecified atom stereocenters. The van der Waals surface area contributed by atoms with Crippen molar-refractivity contribution in [2.75, 3.05) is 0 Å². The first-order chi connectivity index (χ1) is 12.0. The molecule has 0 saturated heterocycles. The summed E-state index contributed by atoms with van der Waals surface area (Å²) in [4.78, 5) is 25.9. The first kappa shape index (κ1) is 27.0. The summed E-state index contributed by atoms with van der Waals surface area (Å²) in [6.45, 7) is 7.40. The lowest BCUT2D eigenvalue weighted by molar-refractivity contribution is -0.951. The van der Waals surface area contributed by atoms with E-state index in [-0.39, 0.29) is 41.3 Å². The Hall–Kier alpha value is -1.01. The third-order valence-corrected chi connectivity index (χ3v) is 4.48. The second kappa shape index (κ2) is 10.7. The first-order valence-electron chi connectivity index (χ1n) is 7.96. The molecule has 0 saturated carbocycles. The van der Waals surface area contributed by atoms with Gasteiger partial charge < -0.3 is 12.4 Å². The van der Waals surface area contributed by atoms with Crippen LogP contribution in [-0.4, -0.2) is 21.9 Å². The van der Waals surface area contributed by atoms with Gasteiger partial charge in [0.2, 0.25) is 0 Å². The van der Waals surface area contributed by atoms with Crippen LogP contribution in [0.15, 0.2) is 42.5 Å². The fourth-order valence-corrected chi connectivity index (χ4v) is 3.41. The van der Waals surface area contributed by atoms with E-state index in [1.165, 1.54) is 18.2 Å². The van der Waals surface area contributed by atoms with Crippen LogP contribution in [0, 0.1) is 6.92 Å². The number of carbonyl (C=O) groups is 2. The van der Waals surface area contributed by atoms with Gasteiger partial charge in [-0.1, -0.05) is 45.4 Å². The van der Waals surface area contributed by atoms with Gasteiger partial charge in [-0.05, 0) is 58.0 Å². The average Bonchev–Trinajstić information content (AvgIpc) is 2.52. The Kier molecular flexibility index (Phi) is 10.3. The lowest BCUT2D eigenvalue weighted by atomic mass is 10.1. The molecule has 2 rings (SSSR count). The summed E-state index contributed by atoms with van der Waals surface area (Å²) in [5, 5.41) is 0.797. The van der Waals surface area contributed by atoms with Crippen LogP contribution in [0.3, 0.4) is 0 Å². The van der Waals surface area contributed by atoms with E-state index in [9.17, 15) is 9.59 Å². The van der Waals surface area contributed by atoms with Crippen LogP contribution in [0.25, 0.3) is 0 Å². The molecule has 2 aromatic carbocycles. The summed E-state index contributed by atoms with van der Waals surface area (Å²) in [5.41, 5.74) is 1.03. The maximum Gasteiger partial charge on any atom is 0.370 e. The number of quaternary nitrogens is 1. The highest BCUT2D eigenvalue weighted by Crippen LogP contribution is 2.20. The second-order valence-electron chi connectivity index (χ2n) is 7.04. The van der Waals surface area contributed by atoms with E-state index in [2.05, 4.69) is 0 Å². The molecule has 28 heavy (non-hydrogen) atoms. The second-order valence-corrected chi connectivity index (χ2v) is 8.25. The number of benzene rings is 2. The molecule has 9 heteroatoms. The number of hydrogen-bond donors (Lipinski definition) is 1. The SMILES string of the molecule is Cc1ccc(C(=O)[NH+](N(Cl)C(=O)c2cc(Cl)cc(Cl)c2)C(C)(C)C)cc1.Cl.[Cl-]. The smallest absolute Gasteiger partial charge is 0.370 e. The fourth-order valence-electron chi connectivity index (χ4n) is 2.46. The molecule has 0 aliphatic carbocycles. The molecule has 0 aliphatic rings. The molecule has 0 aliphatic heterocycles. The van der Waals surface area contributed by atoms with Gasteiger partial charge in [0.15, 0.2) is 0 Å². The standard InChI is InChI=1S/C19H19Cl3N2O2.2ClH/c1-12-5-7-13(8-6-12)17(25)23(19(2,3)4)24(22)18(26)14-9-15(20)11-16(21)10-14;;/h5-11H,1-4H3;2*1H. The van der Waals surface area contributed by atoms with Gasteiger partial charge in [0.05, 0.1) is 17.3 Å². The quantitative estimate of drug-likeness (QED) is 0.519. The van der Waals surface area contributed by atoms with Crippen LogP contribution < -0.4 is 17.4 Å². The van der Waals surface area contributed by atoms with Crippen LogP contribution in [0.2, 0.25) is 10.0 Å². The molecule has 4 nitrogen and oxygen atoms in total. The molecule has 1 N–H and O–H groups in total. The zero-order valence-electron chi connectivity index (χ0n) is 15.7. The highest BCUT2D eigenvalue weighted by atomic mass is 35.5. The van der Waals surface area contributed by atoms with E-state index in [1.54, 1.807) is 12.1 Å². The topological polar surface area (TPSA) is 41.8 Å². The molecule has 0 aromatic heterocycles. The zero-order valence-corrected chi connectivity index (χ0v) is 19.6. The third kappa shape index (κ3) is 6.51. The van der Waals surface area contributed by atoms with E-state index in [4.69, 9.17) is 35.0 Å². The van der Waals surface area contributed by atoms with Crippen molar-refractivity contribution >= 4 is 59.2 Å². The zero-order chi connectivity index (χ0) is 19.6.